The number of imide groups is 1. The monoisotopic (exact) mass is 303 g/mol. The molecule has 2 rings (SSSR count). The third-order valence-electron chi connectivity index (χ3n) is 3.46. The standard InChI is InChI=1S/C16H17NO5/c1-21-12-6-3-11(4-7-12)5-9-14(18)17-13(16(20)22-2)8-10-15(17)19/h3-7,9,13H,8,10H2,1-2H3/b9-5+/t13-/m0/s1. The van der Waals surface area contributed by atoms with E-state index in [-0.39, 0.29) is 12.3 Å². The molecule has 1 saturated heterocycles. The number of esters is 1. The molecule has 1 aliphatic rings. The molecule has 22 heavy (non-hydrogen) atoms. The summed E-state index contributed by atoms with van der Waals surface area (Å²) in [6, 6.07) is 6.27. The van der Waals surface area contributed by atoms with Gasteiger partial charge in [-0.3, -0.25) is 14.5 Å². The first-order valence-electron chi connectivity index (χ1n) is 6.83. The van der Waals surface area contributed by atoms with Crippen LogP contribution in [-0.4, -0.2) is 42.9 Å². The highest BCUT2D eigenvalue weighted by Gasteiger charge is 2.39. The van der Waals surface area contributed by atoms with Gasteiger partial charge in [-0.15, -0.1) is 0 Å². The first kappa shape index (κ1) is 15.8. The minimum Gasteiger partial charge on any atom is -0.497 e. The van der Waals surface area contributed by atoms with Gasteiger partial charge in [-0.05, 0) is 30.2 Å². The van der Waals surface area contributed by atoms with E-state index in [4.69, 9.17) is 4.74 Å². The second-order valence-corrected chi connectivity index (χ2v) is 4.79. The number of benzene rings is 1. The SMILES string of the molecule is COC(=O)[C@@H]1CCC(=O)N1C(=O)/C=C/c1ccc(OC)cc1. The predicted molar refractivity (Wildman–Crippen MR) is 78.9 cm³/mol. The largest absolute Gasteiger partial charge is 0.497 e. The smallest absolute Gasteiger partial charge is 0.329 e. The zero-order valence-corrected chi connectivity index (χ0v) is 12.4. The molecule has 1 heterocycles. The number of hydrogen-bond acceptors (Lipinski definition) is 5. The van der Waals surface area contributed by atoms with Crippen molar-refractivity contribution >= 4 is 23.9 Å². The van der Waals surface area contributed by atoms with Gasteiger partial charge in [0.05, 0.1) is 14.2 Å². The van der Waals surface area contributed by atoms with Crippen LogP contribution in [0, 0.1) is 0 Å². The van der Waals surface area contributed by atoms with Gasteiger partial charge in [-0.2, -0.15) is 0 Å². The molecule has 1 aliphatic heterocycles. The van der Waals surface area contributed by atoms with Gasteiger partial charge in [0.15, 0.2) is 0 Å². The summed E-state index contributed by atoms with van der Waals surface area (Å²) in [7, 11) is 2.81. The highest BCUT2D eigenvalue weighted by molar-refractivity contribution is 6.07. The van der Waals surface area contributed by atoms with Crippen LogP contribution in [-0.2, 0) is 19.1 Å². The maximum Gasteiger partial charge on any atom is 0.329 e. The number of methoxy groups -OCH3 is 2. The average Bonchev–Trinajstić information content (AvgIpc) is 2.94. The van der Waals surface area contributed by atoms with E-state index < -0.39 is 17.9 Å². The second-order valence-electron chi connectivity index (χ2n) is 4.79. The lowest BCUT2D eigenvalue weighted by Gasteiger charge is -2.19. The van der Waals surface area contributed by atoms with E-state index in [1.165, 1.54) is 13.2 Å². The Kier molecular flexibility index (Phi) is 4.93. The van der Waals surface area contributed by atoms with Crippen LogP contribution >= 0.6 is 0 Å². The quantitative estimate of drug-likeness (QED) is 0.621. The van der Waals surface area contributed by atoms with Crippen LogP contribution < -0.4 is 4.74 Å². The lowest BCUT2D eigenvalue weighted by Crippen LogP contribution is -2.42. The number of amides is 2. The van der Waals surface area contributed by atoms with E-state index in [0.29, 0.717) is 12.2 Å². The van der Waals surface area contributed by atoms with Gasteiger partial charge in [-0.25, -0.2) is 4.79 Å². The number of ether oxygens (including phenoxy) is 2. The van der Waals surface area contributed by atoms with Crippen molar-refractivity contribution in [2.75, 3.05) is 14.2 Å². The van der Waals surface area contributed by atoms with Crippen molar-refractivity contribution in [3.8, 4) is 5.75 Å². The molecule has 6 heteroatoms. The summed E-state index contributed by atoms with van der Waals surface area (Å²) < 4.78 is 9.68. The molecule has 0 unspecified atom stereocenters. The normalized spacial score (nSPS) is 17.8. The molecule has 0 radical (unpaired) electrons. The van der Waals surface area contributed by atoms with Crippen LogP contribution in [0.15, 0.2) is 30.3 Å². The van der Waals surface area contributed by atoms with Crippen LogP contribution in [0.25, 0.3) is 6.08 Å². The molecule has 2 amide bonds. The number of likely N-dealkylation sites (tertiary alicyclic amines) is 1. The summed E-state index contributed by atoms with van der Waals surface area (Å²) in [4.78, 5) is 36.5. The first-order chi connectivity index (χ1) is 10.6. The Bertz CT molecular complexity index is 605. The number of carbonyl (C=O) groups excluding carboxylic acids is 3. The number of carbonyl (C=O) groups is 3. The summed E-state index contributed by atoms with van der Waals surface area (Å²) in [5, 5.41) is 0. The van der Waals surface area contributed by atoms with E-state index in [1.807, 2.05) is 0 Å². The Morgan fingerprint density at radius 3 is 2.50 bits per heavy atom. The van der Waals surface area contributed by atoms with E-state index >= 15 is 0 Å². The Labute approximate surface area is 128 Å². The van der Waals surface area contributed by atoms with Crippen LogP contribution in [0.1, 0.15) is 18.4 Å². The van der Waals surface area contributed by atoms with Crippen LogP contribution in [0.5, 0.6) is 5.75 Å². The number of nitrogens with zero attached hydrogens (tertiary/aromatic N) is 1. The van der Waals surface area contributed by atoms with Crippen LogP contribution in [0.2, 0.25) is 0 Å². The zero-order chi connectivity index (χ0) is 16.1. The molecular weight excluding hydrogens is 286 g/mol. The Hall–Kier alpha value is -2.63. The van der Waals surface area contributed by atoms with E-state index in [2.05, 4.69) is 4.74 Å². The van der Waals surface area contributed by atoms with E-state index in [1.54, 1.807) is 37.5 Å². The van der Waals surface area contributed by atoms with Gasteiger partial charge in [-0.1, -0.05) is 12.1 Å². The van der Waals surface area contributed by atoms with Crippen molar-refractivity contribution in [1.29, 1.82) is 0 Å². The van der Waals surface area contributed by atoms with Crippen molar-refractivity contribution in [3.05, 3.63) is 35.9 Å². The molecule has 1 fully saturated rings. The van der Waals surface area contributed by atoms with E-state index in [9.17, 15) is 14.4 Å². The number of hydrogen-bond donors (Lipinski definition) is 0. The molecule has 0 bridgehead atoms. The summed E-state index contributed by atoms with van der Waals surface area (Å²) in [6.45, 7) is 0. The van der Waals surface area contributed by atoms with Crippen molar-refractivity contribution < 1.29 is 23.9 Å². The highest BCUT2D eigenvalue weighted by Crippen LogP contribution is 2.21. The van der Waals surface area contributed by atoms with Crippen LogP contribution in [0.4, 0.5) is 0 Å². The summed E-state index contributed by atoms with van der Waals surface area (Å²) in [5.74, 6) is -0.741. The lowest BCUT2D eigenvalue weighted by molar-refractivity contribution is -0.154. The topological polar surface area (TPSA) is 72.9 Å². The van der Waals surface area contributed by atoms with Gasteiger partial charge in [0.1, 0.15) is 11.8 Å². The first-order valence-corrected chi connectivity index (χ1v) is 6.83. The van der Waals surface area contributed by atoms with Crippen molar-refractivity contribution in [2.45, 2.75) is 18.9 Å². The predicted octanol–water partition coefficient (Wildman–Crippen LogP) is 1.40. The summed E-state index contributed by atoms with van der Waals surface area (Å²) >= 11 is 0. The van der Waals surface area contributed by atoms with Crippen molar-refractivity contribution in [1.82, 2.24) is 4.90 Å². The number of rotatable bonds is 4. The Morgan fingerprint density at radius 2 is 1.91 bits per heavy atom. The highest BCUT2D eigenvalue weighted by atomic mass is 16.5. The van der Waals surface area contributed by atoms with Gasteiger partial charge in [0.25, 0.3) is 5.91 Å². The third kappa shape index (κ3) is 3.33. The molecule has 1 atom stereocenters. The molecule has 0 N–H and O–H groups in total. The Morgan fingerprint density at radius 1 is 1.23 bits per heavy atom. The molecule has 0 saturated carbocycles. The molecule has 0 aromatic heterocycles. The van der Waals surface area contributed by atoms with Gasteiger partial charge >= 0.3 is 5.97 Å². The minimum atomic E-state index is -0.828. The molecule has 0 spiro atoms. The summed E-state index contributed by atoms with van der Waals surface area (Å²) in [5.41, 5.74) is 0.787. The zero-order valence-electron chi connectivity index (χ0n) is 12.4. The van der Waals surface area contributed by atoms with Crippen molar-refractivity contribution in [2.24, 2.45) is 0 Å². The summed E-state index contributed by atoms with van der Waals surface area (Å²) in [6.07, 6.45) is 3.33. The second kappa shape index (κ2) is 6.89. The fourth-order valence-corrected chi connectivity index (χ4v) is 2.28. The van der Waals surface area contributed by atoms with Gasteiger partial charge in [0.2, 0.25) is 5.91 Å². The third-order valence-corrected chi connectivity index (χ3v) is 3.46. The fraction of sp³-hybridized carbons (Fsp3) is 0.312. The average molecular weight is 303 g/mol. The van der Waals surface area contributed by atoms with E-state index in [0.717, 1.165) is 10.5 Å². The van der Waals surface area contributed by atoms with Gasteiger partial charge in [0, 0.05) is 12.5 Å². The molecule has 0 aliphatic carbocycles. The van der Waals surface area contributed by atoms with Gasteiger partial charge < -0.3 is 9.47 Å². The molecule has 6 nitrogen and oxygen atoms in total. The molecule has 1 aromatic rings. The Balaban J connectivity index is 2.10. The van der Waals surface area contributed by atoms with Crippen molar-refractivity contribution in [3.63, 3.8) is 0 Å². The molecule has 116 valence electrons. The van der Waals surface area contributed by atoms with Crippen LogP contribution in [0.3, 0.4) is 0 Å². The fourth-order valence-electron chi connectivity index (χ4n) is 2.28. The lowest BCUT2D eigenvalue weighted by atomic mass is 10.2. The molecule has 1 aromatic carbocycles. The molecular formula is C16H17NO5. The maximum absolute atomic E-state index is 12.2. The minimum absolute atomic E-state index is 0.169. The maximum atomic E-state index is 12.2.